The average molecular weight is 380 g/mol. The van der Waals surface area contributed by atoms with Gasteiger partial charge < -0.3 is 10.6 Å². The Bertz CT molecular complexity index is 883. The molecular formula is C21H28N6O. The minimum Gasteiger partial charge on any atom is -0.365 e. The SMILES string of the molecule is C=Nc1nc(-c2ccccc2)n(C)c(=O)c1NCN1CCNCC1.CC#CC. The van der Waals surface area contributed by atoms with Crippen LogP contribution in [0.25, 0.3) is 11.4 Å². The fraction of sp³-hybridized carbons (Fsp3) is 0.381. The molecule has 0 radical (unpaired) electrons. The van der Waals surface area contributed by atoms with E-state index in [2.05, 4.69) is 44.1 Å². The first-order valence-electron chi connectivity index (χ1n) is 9.26. The number of hydrogen-bond donors (Lipinski definition) is 2. The summed E-state index contributed by atoms with van der Waals surface area (Å²) in [5.41, 5.74) is 1.11. The van der Waals surface area contributed by atoms with Gasteiger partial charge in [0.15, 0.2) is 5.82 Å². The number of aliphatic imine (C=N–C) groups is 1. The molecule has 0 spiro atoms. The van der Waals surface area contributed by atoms with Crippen molar-refractivity contribution in [3.05, 3.63) is 40.7 Å². The summed E-state index contributed by atoms with van der Waals surface area (Å²) < 4.78 is 1.55. The van der Waals surface area contributed by atoms with E-state index in [-0.39, 0.29) is 5.56 Å². The van der Waals surface area contributed by atoms with E-state index < -0.39 is 0 Å². The van der Waals surface area contributed by atoms with E-state index in [9.17, 15) is 4.79 Å². The monoisotopic (exact) mass is 380 g/mol. The number of piperazine rings is 1. The van der Waals surface area contributed by atoms with Crippen molar-refractivity contribution >= 4 is 18.2 Å². The van der Waals surface area contributed by atoms with Gasteiger partial charge in [-0.05, 0) is 20.6 Å². The average Bonchev–Trinajstić information content (AvgIpc) is 2.76. The number of hydrogen-bond acceptors (Lipinski definition) is 6. The largest absolute Gasteiger partial charge is 0.365 e. The van der Waals surface area contributed by atoms with Crippen LogP contribution in [0.1, 0.15) is 13.8 Å². The van der Waals surface area contributed by atoms with Gasteiger partial charge in [-0.25, -0.2) is 9.98 Å². The van der Waals surface area contributed by atoms with Crippen LogP contribution in [-0.2, 0) is 7.05 Å². The number of aromatic nitrogens is 2. The van der Waals surface area contributed by atoms with Crippen molar-refractivity contribution in [2.24, 2.45) is 12.0 Å². The summed E-state index contributed by atoms with van der Waals surface area (Å²) in [6.07, 6.45) is 0. The summed E-state index contributed by atoms with van der Waals surface area (Å²) in [5.74, 6) is 6.28. The van der Waals surface area contributed by atoms with Crippen molar-refractivity contribution in [2.75, 3.05) is 38.2 Å². The van der Waals surface area contributed by atoms with Crippen LogP contribution in [0.15, 0.2) is 40.1 Å². The Labute approximate surface area is 166 Å². The molecule has 3 rings (SSSR count). The van der Waals surface area contributed by atoms with Crippen LogP contribution in [0.5, 0.6) is 0 Å². The molecule has 148 valence electrons. The molecule has 0 bridgehead atoms. The lowest BCUT2D eigenvalue weighted by Gasteiger charge is -2.27. The zero-order valence-corrected chi connectivity index (χ0v) is 16.8. The van der Waals surface area contributed by atoms with Crippen LogP contribution in [0.4, 0.5) is 11.5 Å². The molecule has 1 aromatic heterocycles. The summed E-state index contributed by atoms with van der Waals surface area (Å²) in [7, 11) is 1.72. The highest BCUT2D eigenvalue weighted by molar-refractivity contribution is 5.67. The maximum absolute atomic E-state index is 12.8. The van der Waals surface area contributed by atoms with Crippen LogP contribution in [0.2, 0.25) is 0 Å². The minimum atomic E-state index is -0.151. The predicted molar refractivity (Wildman–Crippen MR) is 116 cm³/mol. The van der Waals surface area contributed by atoms with E-state index >= 15 is 0 Å². The van der Waals surface area contributed by atoms with Crippen molar-refractivity contribution in [3.8, 4) is 23.2 Å². The highest BCUT2D eigenvalue weighted by Gasteiger charge is 2.16. The molecule has 1 aliphatic rings. The van der Waals surface area contributed by atoms with Crippen LogP contribution in [-0.4, -0.2) is 54.0 Å². The molecule has 0 amide bonds. The zero-order valence-electron chi connectivity index (χ0n) is 16.8. The van der Waals surface area contributed by atoms with Crippen molar-refractivity contribution in [1.82, 2.24) is 19.8 Å². The highest BCUT2D eigenvalue weighted by atomic mass is 16.1. The van der Waals surface area contributed by atoms with Gasteiger partial charge >= 0.3 is 0 Å². The molecule has 7 heteroatoms. The van der Waals surface area contributed by atoms with Gasteiger partial charge in [-0.15, -0.1) is 11.8 Å². The Hall–Kier alpha value is -2.95. The molecule has 0 unspecified atom stereocenters. The van der Waals surface area contributed by atoms with Gasteiger partial charge in [0.25, 0.3) is 5.56 Å². The maximum Gasteiger partial charge on any atom is 0.279 e. The number of anilines is 1. The molecule has 2 heterocycles. The number of benzene rings is 1. The van der Waals surface area contributed by atoms with E-state index in [0.29, 0.717) is 24.0 Å². The lowest BCUT2D eigenvalue weighted by molar-refractivity contribution is 0.256. The van der Waals surface area contributed by atoms with Crippen LogP contribution in [0, 0.1) is 11.8 Å². The topological polar surface area (TPSA) is 74.5 Å². The van der Waals surface area contributed by atoms with E-state index in [1.807, 2.05) is 44.2 Å². The Morgan fingerprint density at radius 2 is 1.86 bits per heavy atom. The first-order valence-corrected chi connectivity index (χ1v) is 9.26. The summed E-state index contributed by atoms with van der Waals surface area (Å²) >= 11 is 0. The van der Waals surface area contributed by atoms with E-state index in [0.717, 1.165) is 31.7 Å². The van der Waals surface area contributed by atoms with Gasteiger partial charge in [0.2, 0.25) is 0 Å². The third-order valence-corrected chi connectivity index (χ3v) is 4.39. The van der Waals surface area contributed by atoms with Crippen molar-refractivity contribution < 1.29 is 0 Å². The first kappa shape index (κ1) is 21.4. The number of rotatable bonds is 5. The van der Waals surface area contributed by atoms with Crippen LogP contribution in [0.3, 0.4) is 0 Å². The van der Waals surface area contributed by atoms with E-state index in [1.165, 1.54) is 0 Å². The molecule has 7 nitrogen and oxygen atoms in total. The second kappa shape index (κ2) is 11.0. The van der Waals surface area contributed by atoms with Gasteiger partial charge in [-0.2, -0.15) is 0 Å². The number of nitrogens with one attached hydrogen (secondary N) is 2. The lowest BCUT2D eigenvalue weighted by Crippen LogP contribution is -2.45. The molecule has 1 aliphatic heterocycles. The lowest BCUT2D eigenvalue weighted by atomic mass is 10.2. The Morgan fingerprint density at radius 3 is 2.43 bits per heavy atom. The Balaban J connectivity index is 0.000000640. The fourth-order valence-electron chi connectivity index (χ4n) is 2.77. The molecule has 1 fully saturated rings. The molecule has 0 atom stereocenters. The third kappa shape index (κ3) is 5.52. The molecule has 1 aromatic carbocycles. The molecule has 28 heavy (non-hydrogen) atoms. The number of nitrogens with zero attached hydrogens (tertiary/aromatic N) is 4. The third-order valence-electron chi connectivity index (χ3n) is 4.39. The molecule has 0 saturated carbocycles. The highest BCUT2D eigenvalue weighted by Crippen LogP contribution is 2.23. The van der Waals surface area contributed by atoms with Gasteiger partial charge in [-0.3, -0.25) is 14.3 Å². The van der Waals surface area contributed by atoms with E-state index in [1.54, 1.807) is 11.6 Å². The Kier molecular flexibility index (Phi) is 8.40. The van der Waals surface area contributed by atoms with E-state index in [4.69, 9.17) is 0 Å². The second-order valence-corrected chi connectivity index (χ2v) is 6.23. The minimum absolute atomic E-state index is 0.151. The second-order valence-electron chi connectivity index (χ2n) is 6.23. The fourth-order valence-corrected chi connectivity index (χ4v) is 2.77. The normalized spacial score (nSPS) is 13.5. The summed E-state index contributed by atoms with van der Waals surface area (Å²) in [4.78, 5) is 23.5. The van der Waals surface area contributed by atoms with Gasteiger partial charge in [0.1, 0.15) is 11.5 Å². The zero-order chi connectivity index (χ0) is 20.4. The Morgan fingerprint density at radius 1 is 1.21 bits per heavy atom. The summed E-state index contributed by atoms with van der Waals surface area (Å²) in [6.45, 7) is 11.6. The smallest absolute Gasteiger partial charge is 0.279 e. The van der Waals surface area contributed by atoms with Gasteiger partial charge in [0, 0.05) is 38.8 Å². The molecule has 1 saturated heterocycles. The molecule has 0 aliphatic carbocycles. The summed E-state index contributed by atoms with van der Waals surface area (Å²) in [5, 5.41) is 6.50. The van der Waals surface area contributed by atoms with Gasteiger partial charge in [-0.1, -0.05) is 30.3 Å². The van der Waals surface area contributed by atoms with Crippen LogP contribution < -0.4 is 16.2 Å². The summed E-state index contributed by atoms with van der Waals surface area (Å²) in [6, 6.07) is 9.60. The molecular weight excluding hydrogens is 352 g/mol. The standard InChI is InChI=1S/C17H22N6O.C4H6/c1-18-15-14(20-12-23-10-8-19-9-11-23)17(24)22(2)16(21-15)13-6-4-3-5-7-13;1-3-4-2/h3-7,19-20H,1,8-12H2,2H3;1-2H3. The van der Waals surface area contributed by atoms with Crippen molar-refractivity contribution in [2.45, 2.75) is 13.8 Å². The van der Waals surface area contributed by atoms with Crippen molar-refractivity contribution in [1.29, 1.82) is 0 Å². The quantitative estimate of drug-likeness (QED) is 0.614. The van der Waals surface area contributed by atoms with Crippen molar-refractivity contribution in [3.63, 3.8) is 0 Å². The molecule has 2 N–H and O–H groups in total. The van der Waals surface area contributed by atoms with Gasteiger partial charge in [0.05, 0.1) is 6.67 Å². The maximum atomic E-state index is 12.8. The van der Waals surface area contributed by atoms with Crippen LogP contribution >= 0.6 is 0 Å². The predicted octanol–water partition coefficient (Wildman–Crippen LogP) is 2.08. The first-order chi connectivity index (χ1) is 13.6. The molecule has 2 aromatic rings.